The zero-order valence-corrected chi connectivity index (χ0v) is 19.6. The van der Waals surface area contributed by atoms with Gasteiger partial charge in [-0.15, -0.1) is 0 Å². The maximum absolute atomic E-state index is 13.2. The number of rotatable bonds is 3. The minimum Gasteiger partial charge on any atom is -0.459 e. The second-order valence-electron chi connectivity index (χ2n) is 8.74. The summed E-state index contributed by atoms with van der Waals surface area (Å²) in [4.78, 5) is 14.2. The minimum absolute atomic E-state index is 0.0322. The van der Waals surface area contributed by atoms with Gasteiger partial charge in [0.2, 0.25) is 9.84 Å². The first-order chi connectivity index (χ1) is 15.0. The van der Waals surface area contributed by atoms with Crippen LogP contribution in [0.15, 0.2) is 50.6 Å². The summed E-state index contributed by atoms with van der Waals surface area (Å²) >= 11 is 6.41. The number of ether oxygens (including phenoxy) is 1. The van der Waals surface area contributed by atoms with E-state index in [1.807, 2.05) is 0 Å². The first-order valence-electron chi connectivity index (χ1n) is 10.2. The average Bonchev–Trinajstić information content (AvgIpc) is 3.11. The van der Waals surface area contributed by atoms with Crippen LogP contribution >= 0.6 is 11.6 Å². The molecule has 0 unspecified atom stereocenters. The van der Waals surface area contributed by atoms with Crippen LogP contribution in [0, 0.1) is 0 Å². The van der Waals surface area contributed by atoms with E-state index < -0.39 is 21.5 Å². The van der Waals surface area contributed by atoms with Gasteiger partial charge in [0.25, 0.3) is 0 Å². The molecule has 1 aliphatic rings. The first-order valence-corrected chi connectivity index (χ1v) is 12.0. The molecule has 3 aromatic rings. The van der Waals surface area contributed by atoms with Gasteiger partial charge in [0.15, 0.2) is 5.58 Å². The standard InChI is InChI=1S/C23H24ClNO6S/c1-23(2,3)31-22(27)25-9-8-20-18(12-25)17-10-16(11-19(24)21(17)30-20)32(28,29)15-6-4-14(13-26)5-7-15/h4-7,10-11,26H,8-9,12-13H2,1-3H3. The van der Waals surface area contributed by atoms with Crippen LogP contribution in [0.2, 0.25) is 5.02 Å². The van der Waals surface area contributed by atoms with Crippen LogP contribution in [-0.2, 0) is 34.1 Å². The Morgan fingerprint density at radius 1 is 1.19 bits per heavy atom. The zero-order chi connectivity index (χ0) is 23.3. The molecular formula is C23H24ClNO6S. The molecule has 1 aliphatic heterocycles. The number of aliphatic hydroxyl groups is 1. The van der Waals surface area contributed by atoms with E-state index in [-0.39, 0.29) is 28.0 Å². The summed E-state index contributed by atoms with van der Waals surface area (Å²) in [5.74, 6) is 0.684. The molecule has 0 fully saturated rings. The van der Waals surface area contributed by atoms with Crippen LogP contribution in [0.4, 0.5) is 4.79 Å². The predicted octanol–water partition coefficient (Wildman–Crippen LogP) is 4.70. The Kier molecular flexibility index (Phi) is 5.73. The van der Waals surface area contributed by atoms with Gasteiger partial charge in [0.05, 0.1) is 28.0 Å². The maximum atomic E-state index is 13.2. The van der Waals surface area contributed by atoms with Crippen LogP contribution in [0.3, 0.4) is 0 Å². The van der Waals surface area contributed by atoms with Crippen molar-refractivity contribution in [2.75, 3.05) is 6.54 Å². The Morgan fingerprint density at radius 2 is 1.88 bits per heavy atom. The zero-order valence-electron chi connectivity index (χ0n) is 18.0. The van der Waals surface area contributed by atoms with Gasteiger partial charge in [-0.25, -0.2) is 13.2 Å². The number of benzene rings is 2. The van der Waals surface area contributed by atoms with Gasteiger partial charge in [-0.3, -0.25) is 0 Å². The molecule has 0 aliphatic carbocycles. The molecule has 32 heavy (non-hydrogen) atoms. The molecule has 1 N–H and O–H groups in total. The Hall–Kier alpha value is -2.55. The van der Waals surface area contributed by atoms with Crippen molar-refractivity contribution in [3.8, 4) is 0 Å². The highest BCUT2D eigenvalue weighted by Gasteiger charge is 2.30. The third kappa shape index (κ3) is 4.22. The van der Waals surface area contributed by atoms with Gasteiger partial charge in [0.1, 0.15) is 11.4 Å². The number of furan rings is 1. The summed E-state index contributed by atoms with van der Waals surface area (Å²) in [6.45, 7) is 5.91. The number of sulfone groups is 1. The number of carbonyl (C=O) groups excluding carboxylic acids is 1. The summed E-state index contributed by atoms with van der Waals surface area (Å²) < 4.78 is 37.8. The minimum atomic E-state index is -3.85. The van der Waals surface area contributed by atoms with Crippen molar-refractivity contribution in [3.63, 3.8) is 0 Å². The molecule has 4 rings (SSSR count). The third-order valence-corrected chi connectivity index (χ3v) is 7.27. The molecule has 9 heteroatoms. The monoisotopic (exact) mass is 477 g/mol. The SMILES string of the molecule is CC(C)(C)OC(=O)N1CCc2oc3c(Cl)cc(S(=O)(=O)c4ccc(CO)cc4)cc3c2C1. The lowest BCUT2D eigenvalue weighted by molar-refractivity contribution is 0.0220. The smallest absolute Gasteiger partial charge is 0.410 e. The van der Waals surface area contributed by atoms with Gasteiger partial charge in [-0.2, -0.15) is 0 Å². The van der Waals surface area contributed by atoms with Crippen molar-refractivity contribution < 1.29 is 27.5 Å². The second kappa shape index (κ2) is 8.10. The lowest BCUT2D eigenvalue weighted by Gasteiger charge is -2.29. The molecule has 0 atom stereocenters. The first kappa shape index (κ1) is 22.6. The summed E-state index contributed by atoms with van der Waals surface area (Å²) in [5, 5.41) is 9.95. The predicted molar refractivity (Wildman–Crippen MR) is 119 cm³/mol. The molecule has 170 valence electrons. The number of hydrogen-bond donors (Lipinski definition) is 1. The quantitative estimate of drug-likeness (QED) is 0.587. The summed E-state index contributed by atoms with van der Waals surface area (Å²) in [7, 11) is -3.85. The Morgan fingerprint density at radius 3 is 2.50 bits per heavy atom. The molecule has 1 amide bonds. The van der Waals surface area contributed by atoms with E-state index in [2.05, 4.69) is 0 Å². The number of nitrogens with zero attached hydrogens (tertiary/aromatic N) is 1. The van der Waals surface area contributed by atoms with Crippen molar-refractivity contribution in [2.24, 2.45) is 0 Å². The van der Waals surface area contributed by atoms with Crippen molar-refractivity contribution in [2.45, 2.75) is 55.7 Å². The fourth-order valence-corrected chi connectivity index (χ4v) is 5.30. The molecule has 7 nitrogen and oxygen atoms in total. The van der Waals surface area contributed by atoms with Gasteiger partial charge in [-0.1, -0.05) is 23.7 Å². The maximum Gasteiger partial charge on any atom is 0.410 e. The number of hydrogen-bond acceptors (Lipinski definition) is 6. The highest BCUT2D eigenvalue weighted by molar-refractivity contribution is 7.91. The topological polar surface area (TPSA) is 97.0 Å². The number of halogens is 1. The highest BCUT2D eigenvalue weighted by atomic mass is 35.5. The molecular weight excluding hydrogens is 454 g/mol. The summed E-state index contributed by atoms with van der Waals surface area (Å²) in [6, 6.07) is 8.94. The van der Waals surface area contributed by atoms with Crippen LogP contribution in [-0.4, -0.2) is 36.7 Å². The summed E-state index contributed by atoms with van der Waals surface area (Å²) in [6.07, 6.45) is 0.0425. The van der Waals surface area contributed by atoms with Gasteiger partial charge >= 0.3 is 6.09 Å². The molecule has 2 aromatic carbocycles. The van der Waals surface area contributed by atoms with E-state index >= 15 is 0 Å². The Bertz CT molecular complexity index is 1290. The van der Waals surface area contributed by atoms with Gasteiger partial charge in [-0.05, 0) is 50.6 Å². The van der Waals surface area contributed by atoms with Crippen LogP contribution in [0.1, 0.15) is 37.7 Å². The molecule has 0 bridgehead atoms. The number of aliphatic hydroxyl groups excluding tert-OH is 1. The van der Waals surface area contributed by atoms with Crippen molar-refractivity contribution in [1.29, 1.82) is 0 Å². The molecule has 1 aromatic heterocycles. The normalized spacial score (nSPS) is 14.5. The van der Waals surface area contributed by atoms with Crippen molar-refractivity contribution in [1.82, 2.24) is 4.90 Å². The van der Waals surface area contributed by atoms with E-state index in [0.29, 0.717) is 35.3 Å². The van der Waals surface area contributed by atoms with E-state index in [0.717, 1.165) is 5.56 Å². The lowest BCUT2D eigenvalue weighted by atomic mass is 10.1. The van der Waals surface area contributed by atoms with Crippen LogP contribution in [0.5, 0.6) is 0 Å². The molecule has 2 heterocycles. The molecule has 0 radical (unpaired) electrons. The number of carbonyl (C=O) groups is 1. The molecule has 0 spiro atoms. The Labute approximate surface area is 191 Å². The lowest BCUT2D eigenvalue weighted by Crippen LogP contribution is -2.39. The highest BCUT2D eigenvalue weighted by Crippen LogP contribution is 2.38. The van der Waals surface area contributed by atoms with Crippen molar-refractivity contribution >= 4 is 38.5 Å². The number of amides is 1. The van der Waals surface area contributed by atoms with E-state index in [9.17, 15) is 18.3 Å². The van der Waals surface area contributed by atoms with Crippen LogP contribution in [0.25, 0.3) is 11.0 Å². The molecule has 0 saturated heterocycles. The van der Waals surface area contributed by atoms with E-state index in [4.69, 9.17) is 20.8 Å². The van der Waals surface area contributed by atoms with Crippen molar-refractivity contribution in [3.05, 3.63) is 58.3 Å². The fraction of sp³-hybridized carbons (Fsp3) is 0.348. The Balaban J connectivity index is 1.74. The average molecular weight is 478 g/mol. The van der Waals surface area contributed by atoms with E-state index in [1.54, 1.807) is 37.8 Å². The third-order valence-electron chi connectivity index (χ3n) is 5.24. The summed E-state index contributed by atoms with van der Waals surface area (Å²) in [5.41, 5.74) is 1.12. The van der Waals surface area contributed by atoms with Gasteiger partial charge < -0.3 is 19.2 Å². The fourth-order valence-electron chi connectivity index (χ4n) is 3.66. The molecule has 0 saturated carbocycles. The van der Waals surface area contributed by atoms with Gasteiger partial charge in [0, 0.05) is 23.9 Å². The van der Waals surface area contributed by atoms with Crippen LogP contribution < -0.4 is 0 Å². The largest absolute Gasteiger partial charge is 0.459 e. The number of fused-ring (bicyclic) bond motifs is 3. The van der Waals surface area contributed by atoms with E-state index in [1.165, 1.54) is 24.3 Å². The second-order valence-corrected chi connectivity index (χ2v) is 11.1.